The molecular weight excluding hydrogens is 316 g/mol. The van der Waals surface area contributed by atoms with E-state index in [1.165, 1.54) is 23.3 Å². The molecule has 0 spiro atoms. The molecule has 0 aliphatic carbocycles. The number of rotatable bonds is 6. The van der Waals surface area contributed by atoms with Crippen molar-refractivity contribution in [3.05, 3.63) is 29.8 Å². The van der Waals surface area contributed by atoms with E-state index in [2.05, 4.69) is 77.0 Å². The standard InChI is InChI=1S/C20H34OSSi/c1-15(2)23(16(3)4,17(5)6)22-20-9-7-8-19(14-20)18-10-12-21-13-11-18/h7-9,14-18H,10-13H2,1-6H3. The van der Waals surface area contributed by atoms with E-state index in [-0.39, 0.29) is 0 Å². The average Bonchev–Trinajstić information content (AvgIpc) is 2.52. The van der Waals surface area contributed by atoms with Gasteiger partial charge >= 0.3 is 0 Å². The van der Waals surface area contributed by atoms with Crippen LogP contribution in [-0.4, -0.2) is 20.4 Å². The van der Waals surface area contributed by atoms with E-state index >= 15 is 0 Å². The van der Waals surface area contributed by atoms with E-state index < -0.39 is 7.22 Å². The Labute approximate surface area is 148 Å². The van der Waals surface area contributed by atoms with E-state index in [9.17, 15) is 0 Å². The fourth-order valence-electron chi connectivity index (χ4n) is 4.42. The van der Waals surface area contributed by atoms with Crippen molar-refractivity contribution in [3.8, 4) is 0 Å². The second-order valence-electron chi connectivity index (χ2n) is 7.88. The van der Waals surface area contributed by atoms with Gasteiger partial charge in [0.1, 0.15) is 7.22 Å². The zero-order valence-electron chi connectivity index (χ0n) is 15.8. The number of hydrogen-bond acceptors (Lipinski definition) is 2. The van der Waals surface area contributed by atoms with E-state index in [0.29, 0.717) is 5.92 Å². The van der Waals surface area contributed by atoms with Crippen LogP contribution in [0.4, 0.5) is 0 Å². The Morgan fingerprint density at radius 1 is 0.957 bits per heavy atom. The SMILES string of the molecule is CC(C)[Si](Sc1cccc(C2CCOCC2)c1)(C(C)C)C(C)C. The van der Waals surface area contributed by atoms with Crippen LogP contribution in [-0.2, 0) is 4.74 Å². The molecule has 3 heteroatoms. The summed E-state index contributed by atoms with van der Waals surface area (Å²) in [5, 5.41) is 0. The van der Waals surface area contributed by atoms with Crippen molar-refractivity contribution < 1.29 is 4.74 Å². The minimum atomic E-state index is -1.45. The molecule has 1 fully saturated rings. The zero-order chi connectivity index (χ0) is 17.0. The summed E-state index contributed by atoms with van der Waals surface area (Å²) in [5.41, 5.74) is 3.90. The van der Waals surface area contributed by atoms with Gasteiger partial charge in [0.05, 0.1) is 0 Å². The molecule has 1 nitrogen and oxygen atoms in total. The third kappa shape index (κ3) is 4.24. The number of hydrogen-bond donors (Lipinski definition) is 0. The van der Waals surface area contributed by atoms with Crippen LogP contribution < -0.4 is 0 Å². The van der Waals surface area contributed by atoms with E-state index in [1.54, 1.807) is 0 Å². The summed E-state index contributed by atoms with van der Waals surface area (Å²) < 4.78 is 5.53. The fourth-order valence-corrected chi connectivity index (χ4v) is 13.6. The molecule has 23 heavy (non-hydrogen) atoms. The van der Waals surface area contributed by atoms with Crippen LogP contribution in [0.5, 0.6) is 0 Å². The van der Waals surface area contributed by atoms with Gasteiger partial charge in [-0.25, -0.2) is 0 Å². The second kappa shape index (κ2) is 8.22. The third-order valence-corrected chi connectivity index (χ3v) is 17.8. The third-order valence-electron chi connectivity index (χ3n) is 5.55. The van der Waals surface area contributed by atoms with Gasteiger partial charge in [0.15, 0.2) is 0 Å². The quantitative estimate of drug-likeness (QED) is 0.519. The van der Waals surface area contributed by atoms with Crippen LogP contribution in [0.1, 0.15) is 65.9 Å². The van der Waals surface area contributed by atoms with Crippen LogP contribution in [0.3, 0.4) is 0 Å². The Bertz CT molecular complexity index is 470. The molecule has 1 aliphatic heterocycles. The average molecular weight is 351 g/mol. The summed E-state index contributed by atoms with van der Waals surface area (Å²) in [6, 6.07) is 9.41. The highest BCUT2D eigenvalue weighted by Gasteiger charge is 2.44. The molecule has 1 aromatic carbocycles. The molecule has 2 rings (SSSR count). The normalized spacial score (nSPS) is 17.4. The summed E-state index contributed by atoms with van der Waals surface area (Å²) in [4.78, 5) is 1.50. The smallest absolute Gasteiger partial charge is 0.131 e. The maximum Gasteiger partial charge on any atom is 0.131 e. The molecule has 0 radical (unpaired) electrons. The van der Waals surface area contributed by atoms with Crippen LogP contribution in [0.25, 0.3) is 0 Å². The minimum absolute atomic E-state index is 0.692. The van der Waals surface area contributed by atoms with Crippen molar-refractivity contribution in [2.75, 3.05) is 13.2 Å². The van der Waals surface area contributed by atoms with Crippen molar-refractivity contribution in [2.24, 2.45) is 0 Å². The molecule has 1 saturated heterocycles. The van der Waals surface area contributed by atoms with Gasteiger partial charge in [-0.2, -0.15) is 11.2 Å². The molecule has 0 atom stereocenters. The summed E-state index contributed by atoms with van der Waals surface area (Å²) >= 11 is 2.25. The Balaban J connectivity index is 2.26. The molecule has 0 unspecified atom stereocenters. The molecule has 0 N–H and O–H groups in total. The van der Waals surface area contributed by atoms with E-state index in [4.69, 9.17) is 4.74 Å². The van der Waals surface area contributed by atoms with Gasteiger partial charge in [-0.3, -0.25) is 0 Å². The molecule has 1 aliphatic rings. The molecule has 130 valence electrons. The summed E-state index contributed by atoms with van der Waals surface area (Å²) in [6.45, 7) is 16.5. The molecule has 1 heterocycles. The molecule has 0 bridgehead atoms. The second-order valence-corrected chi connectivity index (χ2v) is 16.5. The molecule has 0 amide bonds. The molecule has 1 aromatic rings. The first kappa shape index (κ1) is 19.1. The van der Waals surface area contributed by atoms with E-state index in [1.807, 2.05) is 0 Å². The predicted molar refractivity (Wildman–Crippen MR) is 106 cm³/mol. The van der Waals surface area contributed by atoms with Gasteiger partial charge < -0.3 is 4.74 Å². The number of ether oxygens (including phenoxy) is 1. The molecule has 0 saturated carbocycles. The van der Waals surface area contributed by atoms with Gasteiger partial charge in [0.2, 0.25) is 0 Å². The lowest BCUT2D eigenvalue weighted by atomic mass is 9.92. The van der Waals surface area contributed by atoms with E-state index in [0.717, 1.165) is 29.8 Å². The van der Waals surface area contributed by atoms with Crippen molar-refractivity contribution in [3.63, 3.8) is 0 Å². The lowest BCUT2D eigenvalue weighted by Crippen LogP contribution is -2.40. The zero-order valence-corrected chi connectivity index (χ0v) is 17.6. The van der Waals surface area contributed by atoms with Crippen LogP contribution in [0.2, 0.25) is 16.6 Å². The van der Waals surface area contributed by atoms with Crippen molar-refractivity contribution >= 4 is 18.4 Å². The van der Waals surface area contributed by atoms with Crippen LogP contribution in [0.15, 0.2) is 29.2 Å². The van der Waals surface area contributed by atoms with Gasteiger partial charge in [-0.15, -0.1) is 0 Å². The summed E-state index contributed by atoms with van der Waals surface area (Å²) in [7, 11) is -1.45. The Hall–Kier alpha value is -0.253. The lowest BCUT2D eigenvalue weighted by Gasteiger charge is -2.42. The minimum Gasteiger partial charge on any atom is -0.381 e. The first-order valence-corrected chi connectivity index (χ1v) is 13.0. The topological polar surface area (TPSA) is 9.23 Å². The fraction of sp³-hybridized carbons (Fsp3) is 0.700. The van der Waals surface area contributed by atoms with Crippen LogP contribution >= 0.6 is 11.2 Å². The van der Waals surface area contributed by atoms with Gasteiger partial charge in [0, 0.05) is 18.1 Å². The highest BCUT2D eigenvalue weighted by Crippen LogP contribution is 2.52. The van der Waals surface area contributed by atoms with Gasteiger partial charge in [-0.1, -0.05) is 53.7 Å². The Morgan fingerprint density at radius 2 is 1.52 bits per heavy atom. The first-order valence-electron chi connectivity index (χ1n) is 9.24. The summed E-state index contributed by atoms with van der Waals surface area (Å²) in [6.07, 6.45) is 2.35. The van der Waals surface area contributed by atoms with Crippen LogP contribution in [0, 0.1) is 0 Å². The molecule has 0 aromatic heterocycles. The molecular formula is C20H34OSSi. The number of benzene rings is 1. The van der Waals surface area contributed by atoms with Crippen molar-refractivity contribution in [1.29, 1.82) is 0 Å². The van der Waals surface area contributed by atoms with Crippen molar-refractivity contribution in [2.45, 2.75) is 81.8 Å². The predicted octanol–water partition coefficient (Wildman–Crippen LogP) is 6.85. The maximum atomic E-state index is 5.53. The largest absolute Gasteiger partial charge is 0.381 e. The Morgan fingerprint density at radius 3 is 2.04 bits per heavy atom. The lowest BCUT2D eigenvalue weighted by molar-refractivity contribution is 0.0853. The monoisotopic (exact) mass is 350 g/mol. The van der Waals surface area contributed by atoms with Gasteiger partial charge in [0.25, 0.3) is 0 Å². The van der Waals surface area contributed by atoms with Crippen molar-refractivity contribution in [1.82, 2.24) is 0 Å². The first-order chi connectivity index (χ1) is 10.9. The Kier molecular flexibility index (Phi) is 6.82. The highest BCUT2D eigenvalue weighted by atomic mass is 32.4. The highest BCUT2D eigenvalue weighted by molar-refractivity contribution is 8.29. The summed E-state index contributed by atoms with van der Waals surface area (Å²) in [5.74, 6) is 0.692. The maximum absolute atomic E-state index is 5.53. The van der Waals surface area contributed by atoms with Gasteiger partial charge in [-0.05, 0) is 53.1 Å².